The number of nitrogens with zero attached hydrogens (tertiary/aromatic N) is 1. The largest absolute Gasteiger partial charge is 2.00 e. The molecular formula is C40H65BrMgN2O6S2. The summed E-state index contributed by atoms with van der Waals surface area (Å²) in [5.41, 5.74) is 2.87. The molecular weight excluding hydrogens is 773 g/mol. The number of carbonyl (C=O) groups excluding carboxylic acids is 2. The number of esters is 2. The molecule has 0 heterocycles. The van der Waals surface area contributed by atoms with Crippen LogP contribution in [-0.2, 0) is 31.4 Å². The summed E-state index contributed by atoms with van der Waals surface area (Å²) in [6.45, 7) is 31.1. The maximum Gasteiger partial charge on any atom is 2.00 e. The maximum absolute atomic E-state index is 12.5. The third-order valence-electron chi connectivity index (χ3n) is 6.62. The van der Waals surface area contributed by atoms with Gasteiger partial charge >= 0.3 is 35.0 Å². The molecule has 292 valence electrons. The summed E-state index contributed by atoms with van der Waals surface area (Å²) in [6, 6.07) is 14.3. The van der Waals surface area contributed by atoms with E-state index in [4.69, 9.17) is 9.47 Å². The number of hydrogen-bond donors (Lipinski definition) is 1. The minimum atomic E-state index is -1.28. The fraction of sp³-hybridized carbons (Fsp3) is 0.600. The van der Waals surface area contributed by atoms with E-state index in [0.717, 1.165) is 36.3 Å². The Balaban J connectivity index is -0.000000802. The second-order valence-electron chi connectivity index (χ2n) is 15.5. The van der Waals surface area contributed by atoms with Crippen LogP contribution in [0.3, 0.4) is 0 Å². The second-order valence-corrected chi connectivity index (χ2v) is 19.4. The van der Waals surface area contributed by atoms with Crippen LogP contribution in [0, 0.1) is 18.8 Å². The van der Waals surface area contributed by atoms with Crippen molar-refractivity contribution in [3.63, 3.8) is 0 Å². The molecule has 0 bridgehead atoms. The average molecular weight is 838 g/mol. The van der Waals surface area contributed by atoms with Gasteiger partial charge < -0.3 is 33.4 Å². The van der Waals surface area contributed by atoms with E-state index in [2.05, 4.69) is 43.7 Å². The molecule has 2 aromatic rings. The van der Waals surface area contributed by atoms with Gasteiger partial charge in [0.15, 0.2) is 0 Å². The van der Waals surface area contributed by atoms with Gasteiger partial charge in [-0.1, -0.05) is 57.9 Å². The molecule has 3 atom stereocenters. The molecule has 0 spiro atoms. The molecule has 0 aliphatic heterocycles. The van der Waals surface area contributed by atoms with Crippen LogP contribution in [0.1, 0.15) is 154 Å². The molecule has 0 saturated heterocycles. The third kappa shape index (κ3) is 24.8. The monoisotopic (exact) mass is 836 g/mol. The normalized spacial score (nSPS) is 13.2. The van der Waals surface area contributed by atoms with Crippen LogP contribution in [0.15, 0.2) is 52.9 Å². The van der Waals surface area contributed by atoms with Crippen molar-refractivity contribution in [1.82, 2.24) is 4.72 Å². The van der Waals surface area contributed by atoms with Gasteiger partial charge in [-0.2, -0.15) is 10.8 Å². The first-order valence-electron chi connectivity index (χ1n) is 17.5. The number of nitrogens with one attached hydrogen (secondary N) is 1. The van der Waals surface area contributed by atoms with E-state index in [9.17, 15) is 18.0 Å². The van der Waals surface area contributed by atoms with Crippen LogP contribution >= 0.6 is 0 Å². The van der Waals surface area contributed by atoms with E-state index in [1.165, 1.54) is 0 Å². The number of rotatable bonds is 13. The van der Waals surface area contributed by atoms with Gasteiger partial charge in [0.1, 0.15) is 11.0 Å². The maximum atomic E-state index is 12.5. The van der Waals surface area contributed by atoms with Crippen molar-refractivity contribution >= 4 is 63.2 Å². The second kappa shape index (κ2) is 27.2. The summed E-state index contributed by atoms with van der Waals surface area (Å²) in [5.74, 6) is 0.691. The third-order valence-corrected chi connectivity index (χ3v) is 9.57. The predicted molar refractivity (Wildman–Crippen MR) is 218 cm³/mol. The average Bonchev–Trinajstić information content (AvgIpc) is 3.01. The fourth-order valence-corrected chi connectivity index (χ4v) is 4.89. The van der Waals surface area contributed by atoms with Crippen molar-refractivity contribution in [3.05, 3.63) is 77.7 Å². The summed E-state index contributed by atoms with van der Waals surface area (Å²) in [4.78, 5) is 23.6. The minimum absolute atomic E-state index is 0. The Morgan fingerprint density at radius 1 is 0.731 bits per heavy atom. The molecule has 0 aliphatic rings. The molecule has 2 rings (SSSR count). The molecule has 8 nitrogen and oxygen atoms in total. The van der Waals surface area contributed by atoms with Crippen LogP contribution in [-0.4, -0.2) is 71.3 Å². The van der Waals surface area contributed by atoms with Crippen molar-refractivity contribution in [3.8, 4) is 0 Å². The number of halogens is 1. The zero-order valence-corrected chi connectivity index (χ0v) is 38.8. The van der Waals surface area contributed by atoms with Gasteiger partial charge in [0.05, 0.1) is 43.8 Å². The Morgan fingerprint density at radius 3 is 1.46 bits per heavy atom. The van der Waals surface area contributed by atoms with E-state index in [1.807, 2.05) is 67.5 Å². The first kappa shape index (κ1) is 54.9. The van der Waals surface area contributed by atoms with E-state index in [0.29, 0.717) is 17.0 Å². The molecule has 1 N–H and O–H groups in total. The van der Waals surface area contributed by atoms with E-state index in [1.54, 1.807) is 56.5 Å². The number of ether oxygens (including phenoxy) is 2. The summed E-state index contributed by atoms with van der Waals surface area (Å²) < 4.78 is 41.2. The Hall–Kier alpha value is -1.44. The van der Waals surface area contributed by atoms with E-state index in [-0.39, 0.29) is 79.7 Å². The van der Waals surface area contributed by atoms with Crippen LogP contribution in [0.4, 0.5) is 0 Å². The number of carbonyl (C=O) groups is 2. The van der Waals surface area contributed by atoms with E-state index < -0.39 is 22.0 Å². The summed E-state index contributed by atoms with van der Waals surface area (Å²) >= 11 is 0. The summed E-state index contributed by atoms with van der Waals surface area (Å²) in [6.07, 6.45) is 4.27. The molecule has 0 amide bonds. The quantitative estimate of drug-likeness (QED) is 0.108. The standard InChI is InChI=1S/C20H33NO3S.C15H21NO3S.C5H11.BrH.Mg/c1-14(2)8-13-18(21-25(23)20(5,6)7)16-9-11-17(12-10-16)19(22)24-15(3)4;1-11(2)19-14(17)13-8-6-12(7-9-13)10-16-20(18)15(3,4)5;1-4-5(2)3;;/h9-12,14-15,18,21H,8,13H2,1-7H3;6-11H,1-5H3;5H,1,4H2,2-3H3;1H;/q;;-1;;+2/p-1/t18-,25+;20-;;;/m10.../s1. The smallest absolute Gasteiger partial charge is 1.00 e. The van der Waals surface area contributed by atoms with Crippen LogP contribution in [0.25, 0.3) is 0 Å². The van der Waals surface area contributed by atoms with Gasteiger partial charge in [0.25, 0.3) is 0 Å². The topological polar surface area (TPSA) is 111 Å². The van der Waals surface area contributed by atoms with Gasteiger partial charge in [-0.25, -0.2) is 22.7 Å². The SMILES string of the molecule is CC(C)CC[C@@H](N[S@@](=O)C(C)(C)C)c1ccc(C(=O)OC(C)C)cc1.CC(C)OC(=O)c1ccc(C=N[S@@](=O)C(C)(C)C)cc1.[Br-].[CH2-]CC(C)C.[Mg+2]. The van der Waals surface area contributed by atoms with Gasteiger partial charge in [-0.3, -0.25) is 0 Å². The van der Waals surface area contributed by atoms with Gasteiger partial charge in [-0.05, 0) is 123 Å². The molecule has 0 unspecified atom stereocenters. The molecule has 12 heteroatoms. The molecule has 0 fully saturated rings. The molecule has 52 heavy (non-hydrogen) atoms. The first-order valence-corrected chi connectivity index (χ1v) is 19.8. The van der Waals surface area contributed by atoms with Gasteiger partial charge in [-0.15, -0.1) is 0 Å². The molecule has 2 aromatic carbocycles. The summed E-state index contributed by atoms with van der Waals surface area (Å²) in [5, 5.41) is 0. The van der Waals surface area contributed by atoms with Gasteiger partial charge in [0.2, 0.25) is 0 Å². The molecule has 0 aliphatic carbocycles. The molecule has 0 saturated carbocycles. The Labute approximate surface area is 348 Å². The number of benzene rings is 2. The van der Waals surface area contributed by atoms with Crippen molar-refractivity contribution in [2.75, 3.05) is 0 Å². The van der Waals surface area contributed by atoms with Crippen LogP contribution in [0.2, 0.25) is 0 Å². The van der Waals surface area contributed by atoms with Crippen molar-refractivity contribution in [2.24, 2.45) is 16.2 Å². The zero-order chi connectivity index (χ0) is 38.8. The Morgan fingerprint density at radius 2 is 1.13 bits per heavy atom. The van der Waals surface area contributed by atoms with Crippen LogP contribution < -0.4 is 21.7 Å². The van der Waals surface area contributed by atoms with Crippen molar-refractivity contribution < 1.29 is 44.5 Å². The van der Waals surface area contributed by atoms with Crippen molar-refractivity contribution in [1.29, 1.82) is 0 Å². The molecule has 0 radical (unpaired) electrons. The first-order chi connectivity index (χ1) is 23.0. The molecule has 0 aromatic heterocycles. The van der Waals surface area contributed by atoms with Crippen LogP contribution in [0.5, 0.6) is 0 Å². The fourth-order valence-electron chi connectivity index (χ4n) is 3.49. The Kier molecular flexibility index (Phi) is 28.7. The van der Waals surface area contributed by atoms with Gasteiger partial charge in [0, 0.05) is 12.3 Å². The summed E-state index contributed by atoms with van der Waals surface area (Å²) in [7, 11) is -2.43. The minimum Gasteiger partial charge on any atom is -1.00 e. The van der Waals surface area contributed by atoms with Crippen molar-refractivity contribution in [2.45, 2.75) is 144 Å². The zero-order valence-electron chi connectivity index (χ0n) is 34.2. The number of hydrogen-bond acceptors (Lipinski definition) is 6. The Bertz CT molecular complexity index is 1370. The predicted octanol–water partition coefficient (Wildman–Crippen LogP) is 6.40. The van der Waals surface area contributed by atoms with E-state index >= 15 is 0 Å².